The van der Waals surface area contributed by atoms with Crippen LogP contribution in [0.5, 0.6) is 5.88 Å². The molecular weight excluding hydrogens is 269 g/mol. The number of hydrogen-bond donors (Lipinski definition) is 1. The average Bonchev–Trinajstić information content (AvgIpc) is 2.37. The van der Waals surface area contributed by atoms with Crippen LogP contribution >= 0.6 is 0 Å². The highest BCUT2D eigenvalue weighted by molar-refractivity contribution is 5.25. The van der Waals surface area contributed by atoms with E-state index in [0.29, 0.717) is 13.0 Å². The van der Waals surface area contributed by atoms with E-state index >= 15 is 0 Å². The molecule has 1 aromatic rings. The maximum absolute atomic E-state index is 12.5. The third-order valence-corrected chi connectivity index (χ3v) is 2.79. The number of alkyl halides is 3. The number of nitrogens with one attached hydrogen (secondary N) is 1. The Bertz CT molecular complexity index is 421. The topological polar surface area (TPSA) is 34.2 Å². The Morgan fingerprint density at radius 3 is 2.55 bits per heavy atom. The predicted molar refractivity (Wildman–Crippen MR) is 71.8 cm³/mol. The Morgan fingerprint density at radius 1 is 1.30 bits per heavy atom. The van der Waals surface area contributed by atoms with Gasteiger partial charge in [-0.15, -0.1) is 0 Å². The van der Waals surface area contributed by atoms with Crippen molar-refractivity contribution >= 4 is 0 Å². The third-order valence-electron chi connectivity index (χ3n) is 2.79. The lowest BCUT2D eigenvalue weighted by Crippen LogP contribution is -2.31. The molecule has 1 atom stereocenters. The van der Waals surface area contributed by atoms with Crippen LogP contribution in [-0.4, -0.2) is 23.8 Å². The molecular formula is C14H21F3N2O. The fraction of sp³-hybridized carbons (Fsp3) is 0.643. The van der Waals surface area contributed by atoms with Crippen LogP contribution in [0.2, 0.25) is 0 Å². The molecule has 1 unspecified atom stereocenters. The number of ether oxygens (including phenoxy) is 1. The molecule has 0 aliphatic carbocycles. The number of rotatable bonds is 7. The average molecular weight is 290 g/mol. The molecule has 0 amide bonds. The highest BCUT2D eigenvalue weighted by atomic mass is 19.4. The Balaban J connectivity index is 2.82. The quantitative estimate of drug-likeness (QED) is 0.781. The van der Waals surface area contributed by atoms with E-state index in [4.69, 9.17) is 4.74 Å². The summed E-state index contributed by atoms with van der Waals surface area (Å²) in [4.78, 5) is 4.08. The number of nitrogens with zero attached hydrogens (tertiary/aromatic N) is 1. The summed E-state index contributed by atoms with van der Waals surface area (Å²) in [7, 11) is 0. The van der Waals surface area contributed by atoms with Gasteiger partial charge in [-0.3, -0.25) is 0 Å². The number of pyridine rings is 1. The van der Waals surface area contributed by atoms with Crippen molar-refractivity contribution in [3.63, 3.8) is 0 Å². The summed E-state index contributed by atoms with van der Waals surface area (Å²) < 4.78 is 42.4. The van der Waals surface area contributed by atoms with Crippen LogP contribution in [0.15, 0.2) is 12.1 Å². The molecule has 0 bridgehead atoms. The lowest BCUT2D eigenvalue weighted by atomic mass is 10.2. The summed E-state index contributed by atoms with van der Waals surface area (Å²) in [5, 5.41) is 3.21. The molecule has 1 aromatic heterocycles. The van der Waals surface area contributed by atoms with Gasteiger partial charge in [0.05, 0.1) is 0 Å². The second kappa shape index (κ2) is 7.47. The van der Waals surface area contributed by atoms with E-state index in [1.807, 2.05) is 13.0 Å². The zero-order valence-corrected chi connectivity index (χ0v) is 12.0. The van der Waals surface area contributed by atoms with Gasteiger partial charge in [-0.05, 0) is 37.9 Å². The Hall–Kier alpha value is -1.30. The summed E-state index contributed by atoms with van der Waals surface area (Å²) in [6.07, 6.45) is -4.60. The number of aromatic nitrogens is 1. The summed E-state index contributed by atoms with van der Waals surface area (Å²) in [5.41, 5.74) is 1.61. The minimum atomic E-state index is -4.38. The van der Waals surface area contributed by atoms with E-state index in [1.54, 1.807) is 6.07 Å². The van der Waals surface area contributed by atoms with Crippen molar-refractivity contribution in [3.8, 4) is 5.88 Å². The Labute approximate surface area is 117 Å². The highest BCUT2D eigenvalue weighted by Crippen LogP contribution is 2.24. The minimum Gasteiger partial charge on any atom is -0.465 e. The molecule has 0 saturated heterocycles. The van der Waals surface area contributed by atoms with Gasteiger partial charge in [0.15, 0.2) is 6.10 Å². The van der Waals surface area contributed by atoms with E-state index in [1.165, 1.54) is 0 Å². The monoisotopic (exact) mass is 290 g/mol. The van der Waals surface area contributed by atoms with Crippen molar-refractivity contribution in [3.05, 3.63) is 23.4 Å². The number of halogens is 3. The molecule has 0 saturated carbocycles. The number of hydrogen-bond acceptors (Lipinski definition) is 3. The summed E-state index contributed by atoms with van der Waals surface area (Å²) >= 11 is 0. The molecule has 1 rings (SSSR count). The standard InChI is InChI=1S/C14H21F3N2O/c1-4-6-18-9-11-7-12(5-2)19-13(8-11)20-10(3)14(15,16)17/h7-8,10,18H,4-6,9H2,1-3H3. The van der Waals surface area contributed by atoms with E-state index in [0.717, 1.165) is 31.1 Å². The Morgan fingerprint density at radius 2 is 2.00 bits per heavy atom. The van der Waals surface area contributed by atoms with Crippen LogP contribution in [0.4, 0.5) is 13.2 Å². The second-order valence-corrected chi connectivity index (χ2v) is 4.64. The first-order valence-electron chi connectivity index (χ1n) is 6.80. The minimum absolute atomic E-state index is 0.0301. The van der Waals surface area contributed by atoms with Crippen LogP contribution in [-0.2, 0) is 13.0 Å². The zero-order chi connectivity index (χ0) is 15.2. The van der Waals surface area contributed by atoms with Gasteiger partial charge >= 0.3 is 6.18 Å². The fourth-order valence-electron chi connectivity index (χ4n) is 1.62. The highest BCUT2D eigenvalue weighted by Gasteiger charge is 2.38. The van der Waals surface area contributed by atoms with E-state index < -0.39 is 12.3 Å². The maximum atomic E-state index is 12.5. The van der Waals surface area contributed by atoms with Crippen LogP contribution in [0, 0.1) is 0 Å². The summed E-state index contributed by atoms with van der Waals surface area (Å²) in [6, 6.07) is 3.44. The van der Waals surface area contributed by atoms with Crippen molar-refractivity contribution in [2.75, 3.05) is 6.54 Å². The molecule has 0 aliphatic heterocycles. The van der Waals surface area contributed by atoms with Crippen molar-refractivity contribution in [1.82, 2.24) is 10.3 Å². The molecule has 0 fully saturated rings. The van der Waals surface area contributed by atoms with Gasteiger partial charge in [0.1, 0.15) is 0 Å². The SMILES string of the molecule is CCCNCc1cc(CC)nc(OC(C)C(F)(F)F)c1. The molecule has 1 heterocycles. The smallest absolute Gasteiger partial charge is 0.425 e. The van der Waals surface area contributed by atoms with E-state index in [-0.39, 0.29) is 5.88 Å². The van der Waals surface area contributed by atoms with Gasteiger partial charge < -0.3 is 10.1 Å². The predicted octanol–water partition coefficient (Wildman–Crippen LogP) is 3.47. The van der Waals surface area contributed by atoms with Crippen LogP contribution < -0.4 is 10.1 Å². The largest absolute Gasteiger partial charge is 0.465 e. The van der Waals surface area contributed by atoms with Crippen molar-refractivity contribution < 1.29 is 17.9 Å². The first-order chi connectivity index (χ1) is 9.36. The van der Waals surface area contributed by atoms with Gasteiger partial charge in [0.2, 0.25) is 5.88 Å². The van der Waals surface area contributed by atoms with Gasteiger partial charge in [-0.2, -0.15) is 13.2 Å². The summed E-state index contributed by atoms with van der Waals surface area (Å²) in [5.74, 6) is 0.0301. The molecule has 0 aromatic carbocycles. The van der Waals surface area contributed by atoms with Crippen molar-refractivity contribution in [1.29, 1.82) is 0 Å². The van der Waals surface area contributed by atoms with E-state index in [9.17, 15) is 13.2 Å². The molecule has 3 nitrogen and oxygen atoms in total. The van der Waals surface area contributed by atoms with Gasteiger partial charge in [-0.25, -0.2) is 4.98 Å². The van der Waals surface area contributed by atoms with Crippen molar-refractivity contribution in [2.45, 2.75) is 52.4 Å². The van der Waals surface area contributed by atoms with Gasteiger partial charge in [0, 0.05) is 18.3 Å². The molecule has 1 N–H and O–H groups in total. The normalized spacial score (nSPS) is 13.3. The van der Waals surface area contributed by atoms with E-state index in [2.05, 4.69) is 17.2 Å². The van der Waals surface area contributed by atoms with Gasteiger partial charge in [0.25, 0.3) is 0 Å². The second-order valence-electron chi connectivity index (χ2n) is 4.64. The lowest BCUT2D eigenvalue weighted by molar-refractivity contribution is -0.190. The third kappa shape index (κ3) is 5.36. The molecule has 6 heteroatoms. The Kier molecular flexibility index (Phi) is 6.26. The molecule has 20 heavy (non-hydrogen) atoms. The molecule has 0 aliphatic rings. The summed E-state index contributed by atoms with van der Waals surface area (Å²) in [6.45, 7) is 6.40. The lowest BCUT2D eigenvalue weighted by Gasteiger charge is -2.18. The fourth-order valence-corrected chi connectivity index (χ4v) is 1.62. The molecule has 0 spiro atoms. The van der Waals surface area contributed by atoms with Crippen molar-refractivity contribution in [2.24, 2.45) is 0 Å². The first-order valence-corrected chi connectivity index (χ1v) is 6.80. The number of aryl methyl sites for hydroxylation is 1. The maximum Gasteiger partial charge on any atom is 0.425 e. The molecule has 0 radical (unpaired) electrons. The molecule has 114 valence electrons. The van der Waals surface area contributed by atoms with Crippen LogP contribution in [0.1, 0.15) is 38.4 Å². The first kappa shape index (κ1) is 16.8. The van der Waals surface area contributed by atoms with Gasteiger partial charge in [-0.1, -0.05) is 13.8 Å². The zero-order valence-electron chi connectivity index (χ0n) is 12.0. The van der Waals surface area contributed by atoms with Crippen LogP contribution in [0.3, 0.4) is 0 Å². The van der Waals surface area contributed by atoms with Crippen LogP contribution in [0.25, 0.3) is 0 Å².